The molecule has 0 unspecified atom stereocenters. The molecule has 0 saturated heterocycles. The first-order valence-corrected chi connectivity index (χ1v) is 4.10. The molecule has 0 amide bonds. The SMILES string of the molecule is C=Cc1cc(Cl)cc(Cl)c1OC. The molecule has 0 heterocycles. The summed E-state index contributed by atoms with van der Waals surface area (Å²) >= 11 is 11.6. The Balaban J connectivity index is 3.33. The summed E-state index contributed by atoms with van der Waals surface area (Å²) in [5, 5.41) is 1.08. The van der Waals surface area contributed by atoms with Gasteiger partial charge in [0.05, 0.1) is 12.1 Å². The van der Waals surface area contributed by atoms with Crippen LogP contribution in [0.3, 0.4) is 0 Å². The summed E-state index contributed by atoms with van der Waals surface area (Å²) in [6, 6.07) is 3.38. The van der Waals surface area contributed by atoms with Crippen LogP contribution in [0.1, 0.15) is 5.56 Å². The molecule has 0 saturated carbocycles. The van der Waals surface area contributed by atoms with Crippen LogP contribution in [0.4, 0.5) is 0 Å². The zero-order valence-corrected chi connectivity index (χ0v) is 8.12. The Hall–Kier alpha value is -0.660. The Kier molecular flexibility index (Phi) is 3.01. The van der Waals surface area contributed by atoms with Gasteiger partial charge in [0, 0.05) is 10.6 Å². The van der Waals surface area contributed by atoms with Crippen LogP contribution in [-0.4, -0.2) is 7.11 Å². The summed E-state index contributed by atoms with van der Waals surface area (Å²) in [6.07, 6.45) is 1.65. The minimum Gasteiger partial charge on any atom is -0.495 e. The van der Waals surface area contributed by atoms with Crippen LogP contribution in [-0.2, 0) is 0 Å². The summed E-state index contributed by atoms with van der Waals surface area (Å²) in [5.74, 6) is 0.607. The first-order valence-electron chi connectivity index (χ1n) is 3.34. The number of hydrogen-bond acceptors (Lipinski definition) is 1. The largest absolute Gasteiger partial charge is 0.495 e. The van der Waals surface area contributed by atoms with Crippen molar-refractivity contribution in [2.75, 3.05) is 7.11 Å². The summed E-state index contributed by atoms with van der Waals surface area (Å²) < 4.78 is 5.06. The van der Waals surface area contributed by atoms with Crippen LogP contribution < -0.4 is 4.74 Å². The van der Waals surface area contributed by atoms with Crippen LogP contribution in [0.15, 0.2) is 18.7 Å². The summed E-state index contributed by atoms with van der Waals surface area (Å²) in [6.45, 7) is 3.62. The van der Waals surface area contributed by atoms with Crippen molar-refractivity contribution < 1.29 is 4.74 Å². The van der Waals surface area contributed by atoms with Crippen molar-refractivity contribution in [3.05, 3.63) is 34.3 Å². The lowest BCUT2D eigenvalue weighted by atomic mass is 10.2. The second kappa shape index (κ2) is 3.83. The average Bonchev–Trinajstić information content (AvgIpc) is 2.03. The molecule has 0 fully saturated rings. The first-order chi connectivity index (χ1) is 5.69. The van der Waals surface area contributed by atoms with Gasteiger partial charge in [-0.05, 0) is 12.1 Å². The molecule has 0 spiro atoms. The highest BCUT2D eigenvalue weighted by Crippen LogP contribution is 2.32. The van der Waals surface area contributed by atoms with E-state index in [0.29, 0.717) is 15.8 Å². The van der Waals surface area contributed by atoms with E-state index in [1.807, 2.05) is 0 Å². The summed E-state index contributed by atoms with van der Waals surface area (Å²) in [5.41, 5.74) is 0.801. The van der Waals surface area contributed by atoms with Gasteiger partial charge in [0.2, 0.25) is 0 Å². The van der Waals surface area contributed by atoms with Crippen molar-refractivity contribution in [2.24, 2.45) is 0 Å². The minimum atomic E-state index is 0.500. The second-order valence-corrected chi connectivity index (χ2v) is 3.06. The van der Waals surface area contributed by atoms with Crippen LogP contribution >= 0.6 is 23.2 Å². The van der Waals surface area contributed by atoms with Crippen LogP contribution in [0.25, 0.3) is 6.08 Å². The second-order valence-electron chi connectivity index (χ2n) is 2.21. The molecule has 0 aliphatic carbocycles. The van der Waals surface area contributed by atoms with Gasteiger partial charge in [-0.2, -0.15) is 0 Å². The van der Waals surface area contributed by atoms with Gasteiger partial charge in [-0.3, -0.25) is 0 Å². The lowest BCUT2D eigenvalue weighted by Crippen LogP contribution is -1.87. The van der Waals surface area contributed by atoms with Crippen LogP contribution in [0.2, 0.25) is 10.0 Å². The lowest BCUT2D eigenvalue weighted by Gasteiger charge is -2.06. The molecule has 0 N–H and O–H groups in total. The van der Waals surface area contributed by atoms with E-state index in [1.54, 1.807) is 25.3 Å². The van der Waals surface area contributed by atoms with Crippen LogP contribution in [0, 0.1) is 0 Å². The van der Waals surface area contributed by atoms with Gasteiger partial charge in [-0.15, -0.1) is 0 Å². The molecule has 0 radical (unpaired) electrons. The van der Waals surface area contributed by atoms with Crippen molar-refractivity contribution in [1.29, 1.82) is 0 Å². The Morgan fingerprint density at radius 2 is 2.08 bits per heavy atom. The average molecular weight is 203 g/mol. The predicted molar refractivity (Wildman–Crippen MR) is 53.1 cm³/mol. The Morgan fingerprint density at radius 1 is 1.42 bits per heavy atom. The number of benzene rings is 1. The fraction of sp³-hybridized carbons (Fsp3) is 0.111. The van der Waals surface area contributed by atoms with E-state index in [9.17, 15) is 0 Å². The molecule has 0 aliphatic heterocycles. The number of ether oxygens (including phenoxy) is 1. The number of hydrogen-bond donors (Lipinski definition) is 0. The molecule has 1 rings (SSSR count). The minimum absolute atomic E-state index is 0.500. The van der Waals surface area contributed by atoms with E-state index in [2.05, 4.69) is 6.58 Å². The van der Waals surface area contributed by atoms with Gasteiger partial charge in [0.15, 0.2) is 0 Å². The molecule has 0 bridgehead atoms. The molecule has 12 heavy (non-hydrogen) atoms. The molecule has 0 atom stereocenters. The van der Waals surface area contributed by atoms with Gasteiger partial charge < -0.3 is 4.74 Å². The molecule has 1 aromatic carbocycles. The molecule has 3 heteroatoms. The summed E-state index contributed by atoms with van der Waals surface area (Å²) in [4.78, 5) is 0. The Morgan fingerprint density at radius 3 is 2.58 bits per heavy atom. The third-order valence-corrected chi connectivity index (χ3v) is 1.96. The van der Waals surface area contributed by atoms with E-state index >= 15 is 0 Å². The lowest BCUT2D eigenvalue weighted by molar-refractivity contribution is 0.414. The summed E-state index contributed by atoms with van der Waals surface area (Å²) in [7, 11) is 1.56. The maximum atomic E-state index is 5.86. The van der Waals surface area contributed by atoms with E-state index in [0.717, 1.165) is 5.56 Å². The van der Waals surface area contributed by atoms with E-state index in [1.165, 1.54) is 0 Å². The van der Waals surface area contributed by atoms with Gasteiger partial charge in [-0.1, -0.05) is 35.9 Å². The topological polar surface area (TPSA) is 9.23 Å². The molecule has 0 aromatic heterocycles. The maximum absolute atomic E-state index is 5.86. The molecular formula is C9H8Cl2O. The smallest absolute Gasteiger partial charge is 0.144 e. The molecule has 1 nitrogen and oxygen atoms in total. The highest BCUT2D eigenvalue weighted by atomic mass is 35.5. The fourth-order valence-corrected chi connectivity index (χ4v) is 1.53. The van der Waals surface area contributed by atoms with Gasteiger partial charge in [0.25, 0.3) is 0 Å². The highest BCUT2D eigenvalue weighted by Gasteiger charge is 2.06. The Bertz CT molecular complexity index is 308. The molecule has 64 valence electrons. The zero-order valence-electron chi connectivity index (χ0n) is 6.60. The van der Waals surface area contributed by atoms with E-state index in [-0.39, 0.29) is 0 Å². The fourth-order valence-electron chi connectivity index (χ4n) is 0.947. The van der Waals surface area contributed by atoms with Gasteiger partial charge in [0.1, 0.15) is 5.75 Å². The molecular weight excluding hydrogens is 195 g/mol. The first kappa shape index (κ1) is 9.43. The van der Waals surface area contributed by atoms with Crippen molar-refractivity contribution >= 4 is 29.3 Å². The van der Waals surface area contributed by atoms with Crippen molar-refractivity contribution in [3.63, 3.8) is 0 Å². The van der Waals surface area contributed by atoms with Crippen LogP contribution in [0.5, 0.6) is 5.75 Å². The zero-order chi connectivity index (χ0) is 9.14. The van der Waals surface area contributed by atoms with E-state index < -0.39 is 0 Å². The molecule has 0 aliphatic rings. The van der Waals surface area contributed by atoms with Crippen molar-refractivity contribution in [1.82, 2.24) is 0 Å². The normalized spacial score (nSPS) is 9.58. The van der Waals surface area contributed by atoms with Gasteiger partial charge >= 0.3 is 0 Å². The van der Waals surface area contributed by atoms with E-state index in [4.69, 9.17) is 27.9 Å². The maximum Gasteiger partial charge on any atom is 0.144 e. The van der Waals surface area contributed by atoms with Gasteiger partial charge in [-0.25, -0.2) is 0 Å². The third kappa shape index (κ3) is 1.74. The standard InChI is InChI=1S/C9H8Cl2O/c1-3-6-4-7(10)5-8(11)9(6)12-2/h3-5H,1H2,2H3. The predicted octanol–water partition coefficient (Wildman–Crippen LogP) is 3.65. The monoisotopic (exact) mass is 202 g/mol. The number of methoxy groups -OCH3 is 1. The van der Waals surface area contributed by atoms with Crippen molar-refractivity contribution in [3.8, 4) is 5.75 Å². The quantitative estimate of drug-likeness (QED) is 0.712. The number of rotatable bonds is 2. The number of halogens is 2. The highest BCUT2D eigenvalue weighted by molar-refractivity contribution is 6.35. The van der Waals surface area contributed by atoms with Crippen molar-refractivity contribution in [2.45, 2.75) is 0 Å². The Labute approximate surface area is 81.6 Å². The molecule has 1 aromatic rings. The third-order valence-electron chi connectivity index (χ3n) is 1.46.